The van der Waals surface area contributed by atoms with E-state index in [0.29, 0.717) is 30.1 Å². The number of anilines is 2. The van der Waals surface area contributed by atoms with Gasteiger partial charge in [0.1, 0.15) is 0 Å². The highest BCUT2D eigenvalue weighted by Gasteiger charge is 2.18. The summed E-state index contributed by atoms with van der Waals surface area (Å²) in [6.45, 7) is 1.90. The van der Waals surface area contributed by atoms with Crippen molar-refractivity contribution in [2.24, 2.45) is 0 Å². The van der Waals surface area contributed by atoms with E-state index >= 15 is 0 Å². The summed E-state index contributed by atoms with van der Waals surface area (Å²) < 4.78 is 0. The number of nitrogen functional groups attached to an aromatic ring is 1. The number of amides is 2. The molecular formula is C22H28ClN3O2. The molecular weight excluding hydrogens is 374 g/mol. The van der Waals surface area contributed by atoms with Gasteiger partial charge >= 0.3 is 0 Å². The second kappa shape index (κ2) is 10.1. The number of para-hydroxylation sites is 1. The van der Waals surface area contributed by atoms with E-state index in [1.54, 1.807) is 12.1 Å². The molecule has 1 saturated carbocycles. The zero-order valence-electron chi connectivity index (χ0n) is 16.2. The lowest BCUT2D eigenvalue weighted by atomic mass is 10.1. The number of carbonyl (C=O) groups is 2. The summed E-state index contributed by atoms with van der Waals surface area (Å²) in [6, 6.07) is 13.3. The van der Waals surface area contributed by atoms with Gasteiger partial charge in [0.25, 0.3) is 5.91 Å². The summed E-state index contributed by atoms with van der Waals surface area (Å²) >= 11 is 0. The molecule has 0 radical (unpaired) electrons. The normalized spacial score (nSPS) is 13.6. The molecule has 2 aromatic rings. The predicted octanol–water partition coefficient (Wildman–Crippen LogP) is 4.24. The molecule has 1 aliphatic rings. The molecule has 3 rings (SSSR count). The number of rotatable bonds is 6. The lowest BCUT2D eigenvalue weighted by Crippen LogP contribution is -2.32. The summed E-state index contributed by atoms with van der Waals surface area (Å²) in [7, 11) is 0. The van der Waals surface area contributed by atoms with Gasteiger partial charge in [0.2, 0.25) is 5.91 Å². The molecule has 5 nitrogen and oxygen atoms in total. The van der Waals surface area contributed by atoms with Crippen molar-refractivity contribution in [2.75, 3.05) is 11.1 Å². The first kappa shape index (κ1) is 21.8. The Morgan fingerprint density at radius 3 is 2.50 bits per heavy atom. The topological polar surface area (TPSA) is 84.2 Å². The van der Waals surface area contributed by atoms with E-state index in [0.717, 1.165) is 29.7 Å². The lowest BCUT2D eigenvalue weighted by molar-refractivity contribution is -0.116. The van der Waals surface area contributed by atoms with Gasteiger partial charge in [0.05, 0.1) is 0 Å². The van der Waals surface area contributed by atoms with Crippen LogP contribution in [0.5, 0.6) is 0 Å². The van der Waals surface area contributed by atoms with Crippen LogP contribution in [0.1, 0.15) is 53.6 Å². The fourth-order valence-corrected chi connectivity index (χ4v) is 3.51. The zero-order chi connectivity index (χ0) is 19.2. The van der Waals surface area contributed by atoms with E-state index in [-0.39, 0.29) is 24.2 Å². The fourth-order valence-electron chi connectivity index (χ4n) is 3.51. The van der Waals surface area contributed by atoms with Crippen molar-refractivity contribution in [1.29, 1.82) is 0 Å². The monoisotopic (exact) mass is 401 g/mol. The first-order valence-electron chi connectivity index (χ1n) is 9.57. The van der Waals surface area contributed by atoms with Gasteiger partial charge in [-0.25, -0.2) is 0 Å². The van der Waals surface area contributed by atoms with E-state index < -0.39 is 0 Å². The van der Waals surface area contributed by atoms with Crippen LogP contribution in [-0.4, -0.2) is 17.9 Å². The average Bonchev–Trinajstić information content (AvgIpc) is 3.15. The van der Waals surface area contributed by atoms with Crippen molar-refractivity contribution in [3.8, 4) is 0 Å². The molecule has 0 bridgehead atoms. The highest BCUT2D eigenvalue weighted by Crippen LogP contribution is 2.20. The molecule has 0 aliphatic heterocycles. The Labute approximate surface area is 172 Å². The Bertz CT molecular complexity index is 832. The Balaban J connectivity index is 0.00000280. The van der Waals surface area contributed by atoms with Crippen LogP contribution in [0, 0.1) is 6.92 Å². The fraction of sp³-hybridized carbons (Fsp3) is 0.364. The number of nitrogens with two attached hydrogens (primary N) is 1. The second-order valence-corrected chi connectivity index (χ2v) is 7.23. The molecule has 0 unspecified atom stereocenters. The van der Waals surface area contributed by atoms with E-state index in [1.807, 2.05) is 37.3 Å². The minimum absolute atomic E-state index is 0. The van der Waals surface area contributed by atoms with Crippen molar-refractivity contribution in [2.45, 2.75) is 51.5 Å². The smallest absolute Gasteiger partial charge is 0.251 e. The van der Waals surface area contributed by atoms with Gasteiger partial charge in [0, 0.05) is 29.4 Å². The standard InChI is InChI=1S/C22H27N3O2.ClH/c1-15-14-17(22(27)24-18-7-3-4-8-18)10-12-20(15)25-21(26)13-11-16-6-2-5-9-19(16)23;/h2,5-6,9-10,12,14,18H,3-4,7-8,11,13,23H2,1H3,(H,24,27)(H,25,26);1H. The number of hydrogen-bond acceptors (Lipinski definition) is 3. The summed E-state index contributed by atoms with van der Waals surface area (Å²) in [6.07, 6.45) is 5.44. The van der Waals surface area contributed by atoms with Crippen molar-refractivity contribution in [3.05, 3.63) is 59.2 Å². The Morgan fingerprint density at radius 1 is 1.11 bits per heavy atom. The quantitative estimate of drug-likeness (QED) is 0.633. The van der Waals surface area contributed by atoms with Crippen molar-refractivity contribution >= 4 is 35.6 Å². The summed E-state index contributed by atoms with van der Waals surface area (Å²) in [4.78, 5) is 24.6. The summed E-state index contributed by atoms with van der Waals surface area (Å²) in [5.41, 5.74) is 9.84. The summed E-state index contributed by atoms with van der Waals surface area (Å²) in [5.74, 6) is -0.105. The first-order valence-corrected chi connectivity index (χ1v) is 9.57. The number of nitrogens with one attached hydrogen (secondary N) is 2. The largest absolute Gasteiger partial charge is 0.399 e. The van der Waals surface area contributed by atoms with Crippen LogP contribution >= 0.6 is 12.4 Å². The molecule has 6 heteroatoms. The van der Waals surface area contributed by atoms with E-state index in [1.165, 1.54) is 12.8 Å². The molecule has 0 aromatic heterocycles. The van der Waals surface area contributed by atoms with Crippen LogP contribution in [0.2, 0.25) is 0 Å². The number of carbonyl (C=O) groups excluding carboxylic acids is 2. The molecule has 0 heterocycles. The summed E-state index contributed by atoms with van der Waals surface area (Å²) in [5, 5.41) is 6.02. The molecule has 28 heavy (non-hydrogen) atoms. The molecule has 150 valence electrons. The van der Waals surface area contributed by atoms with Crippen molar-refractivity contribution in [3.63, 3.8) is 0 Å². The molecule has 1 aliphatic carbocycles. The lowest BCUT2D eigenvalue weighted by Gasteiger charge is -2.14. The van der Waals surface area contributed by atoms with Crippen LogP contribution in [0.3, 0.4) is 0 Å². The van der Waals surface area contributed by atoms with Crippen LogP contribution in [0.15, 0.2) is 42.5 Å². The van der Waals surface area contributed by atoms with E-state index in [9.17, 15) is 9.59 Å². The Kier molecular flexibility index (Phi) is 7.88. The predicted molar refractivity (Wildman–Crippen MR) is 116 cm³/mol. The Morgan fingerprint density at radius 2 is 1.82 bits per heavy atom. The average molecular weight is 402 g/mol. The molecule has 0 spiro atoms. The van der Waals surface area contributed by atoms with Gasteiger partial charge in [0.15, 0.2) is 0 Å². The second-order valence-electron chi connectivity index (χ2n) is 7.23. The highest BCUT2D eigenvalue weighted by molar-refractivity contribution is 5.96. The molecule has 0 atom stereocenters. The highest BCUT2D eigenvalue weighted by atomic mass is 35.5. The van der Waals surface area contributed by atoms with Gasteiger partial charge in [-0.2, -0.15) is 0 Å². The van der Waals surface area contributed by atoms with Crippen molar-refractivity contribution in [1.82, 2.24) is 5.32 Å². The third-order valence-corrected chi connectivity index (χ3v) is 5.13. The third-order valence-electron chi connectivity index (χ3n) is 5.13. The zero-order valence-corrected chi connectivity index (χ0v) is 17.0. The SMILES string of the molecule is Cc1cc(C(=O)NC2CCCC2)ccc1NC(=O)CCc1ccccc1N.Cl. The van der Waals surface area contributed by atoms with Crippen LogP contribution in [-0.2, 0) is 11.2 Å². The van der Waals surface area contributed by atoms with Gasteiger partial charge in [-0.1, -0.05) is 31.0 Å². The first-order chi connectivity index (χ1) is 13.0. The molecule has 4 N–H and O–H groups in total. The minimum atomic E-state index is -0.0653. The van der Waals surface area contributed by atoms with E-state index in [4.69, 9.17) is 5.73 Å². The van der Waals surface area contributed by atoms with Crippen molar-refractivity contribution < 1.29 is 9.59 Å². The maximum atomic E-state index is 12.4. The third kappa shape index (κ3) is 5.73. The maximum absolute atomic E-state index is 12.4. The van der Waals surface area contributed by atoms with Crippen LogP contribution in [0.25, 0.3) is 0 Å². The minimum Gasteiger partial charge on any atom is -0.399 e. The van der Waals surface area contributed by atoms with Gasteiger partial charge < -0.3 is 16.4 Å². The molecule has 1 fully saturated rings. The molecule has 0 saturated heterocycles. The van der Waals surface area contributed by atoms with Crippen LogP contribution in [0.4, 0.5) is 11.4 Å². The maximum Gasteiger partial charge on any atom is 0.251 e. The Hall–Kier alpha value is -2.53. The van der Waals surface area contributed by atoms with Gasteiger partial charge in [-0.05, 0) is 61.6 Å². The van der Waals surface area contributed by atoms with E-state index in [2.05, 4.69) is 10.6 Å². The number of halogens is 1. The molecule has 2 aromatic carbocycles. The molecule has 2 amide bonds. The number of hydrogen-bond donors (Lipinski definition) is 3. The van der Waals surface area contributed by atoms with Crippen LogP contribution < -0.4 is 16.4 Å². The van der Waals surface area contributed by atoms with Gasteiger partial charge in [-0.3, -0.25) is 9.59 Å². The number of benzene rings is 2. The van der Waals surface area contributed by atoms with Gasteiger partial charge in [-0.15, -0.1) is 12.4 Å². The number of aryl methyl sites for hydroxylation is 2.